The highest BCUT2D eigenvalue weighted by atomic mass is 15.1. The first-order chi connectivity index (χ1) is 9.92. The number of nitrogens with zero attached hydrogens (tertiary/aromatic N) is 3. The van der Waals surface area contributed by atoms with Gasteiger partial charge in [-0.15, -0.1) is 0 Å². The van der Waals surface area contributed by atoms with Gasteiger partial charge in [-0.05, 0) is 49.1 Å². The molecule has 102 valence electrons. The third-order valence-electron chi connectivity index (χ3n) is 3.67. The molecule has 1 fully saturated rings. The Kier molecular flexibility index (Phi) is 4.07. The Hall–Kier alpha value is -2.16. The number of piperidine rings is 1. The van der Waals surface area contributed by atoms with Crippen LogP contribution in [0.5, 0.6) is 0 Å². The number of benzene rings is 1. The van der Waals surface area contributed by atoms with Crippen molar-refractivity contribution in [1.82, 2.24) is 9.97 Å². The van der Waals surface area contributed by atoms with Crippen LogP contribution in [0.25, 0.3) is 12.2 Å². The number of hydrogen-bond donors (Lipinski definition) is 0. The maximum Gasteiger partial charge on any atom is 0.115 e. The fraction of sp³-hybridized carbons (Fsp3) is 0.294. The highest BCUT2D eigenvalue weighted by Crippen LogP contribution is 2.20. The molecular weight excluding hydrogens is 246 g/mol. The van der Waals surface area contributed by atoms with Crippen LogP contribution in [-0.4, -0.2) is 23.1 Å². The summed E-state index contributed by atoms with van der Waals surface area (Å²) in [5.41, 5.74) is 3.47. The summed E-state index contributed by atoms with van der Waals surface area (Å²) >= 11 is 0. The normalized spacial score (nSPS) is 15.7. The molecule has 20 heavy (non-hydrogen) atoms. The van der Waals surface area contributed by atoms with E-state index >= 15 is 0 Å². The van der Waals surface area contributed by atoms with Gasteiger partial charge in [-0.25, -0.2) is 9.97 Å². The van der Waals surface area contributed by atoms with Crippen molar-refractivity contribution in [3.05, 3.63) is 54.1 Å². The Morgan fingerprint density at radius 1 is 0.900 bits per heavy atom. The molecule has 0 unspecified atom stereocenters. The third-order valence-corrected chi connectivity index (χ3v) is 3.67. The van der Waals surface area contributed by atoms with Crippen molar-refractivity contribution in [1.29, 1.82) is 0 Å². The lowest BCUT2D eigenvalue weighted by Crippen LogP contribution is -2.29. The summed E-state index contributed by atoms with van der Waals surface area (Å²) in [5, 5.41) is 0. The van der Waals surface area contributed by atoms with E-state index < -0.39 is 0 Å². The van der Waals surface area contributed by atoms with Gasteiger partial charge in [-0.2, -0.15) is 0 Å². The molecule has 3 nitrogen and oxygen atoms in total. The van der Waals surface area contributed by atoms with Crippen LogP contribution in [0.1, 0.15) is 30.5 Å². The van der Waals surface area contributed by atoms with E-state index in [9.17, 15) is 0 Å². The van der Waals surface area contributed by atoms with Crippen molar-refractivity contribution in [3.63, 3.8) is 0 Å². The molecule has 0 atom stereocenters. The monoisotopic (exact) mass is 265 g/mol. The molecule has 1 aromatic heterocycles. The van der Waals surface area contributed by atoms with E-state index in [1.807, 2.05) is 12.1 Å². The van der Waals surface area contributed by atoms with Crippen LogP contribution in [0.15, 0.2) is 42.9 Å². The molecule has 3 rings (SSSR count). The van der Waals surface area contributed by atoms with Gasteiger partial charge in [-0.3, -0.25) is 0 Å². The predicted octanol–water partition coefficient (Wildman–Crippen LogP) is 3.64. The van der Waals surface area contributed by atoms with Gasteiger partial charge in [0.05, 0.1) is 5.69 Å². The van der Waals surface area contributed by atoms with E-state index in [4.69, 9.17) is 0 Å². The van der Waals surface area contributed by atoms with Crippen molar-refractivity contribution < 1.29 is 0 Å². The summed E-state index contributed by atoms with van der Waals surface area (Å²) in [7, 11) is 0. The fourth-order valence-corrected chi connectivity index (χ4v) is 2.53. The van der Waals surface area contributed by atoms with E-state index in [1.165, 1.54) is 43.6 Å². The minimum absolute atomic E-state index is 0.931. The molecule has 2 aromatic rings. The first-order valence-corrected chi connectivity index (χ1v) is 7.21. The van der Waals surface area contributed by atoms with Crippen LogP contribution in [0, 0.1) is 0 Å². The number of aromatic nitrogens is 2. The van der Waals surface area contributed by atoms with Gasteiger partial charge < -0.3 is 4.90 Å². The van der Waals surface area contributed by atoms with Crippen LogP contribution in [0.2, 0.25) is 0 Å². The van der Waals surface area contributed by atoms with Gasteiger partial charge in [0, 0.05) is 25.0 Å². The van der Waals surface area contributed by atoms with Crippen LogP contribution < -0.4 is 4.90 Å². The second-order valence-electron chi connectivity index (χ2n) is 5.11. The van der Waals surface area contributed by atoms with Crippen molar-refractivity contribution in [2.45, 2.75) is 19.3 Å². The van der Waals surface area contributed by atoms with Gasteiger partial charge in [0.15, 0.2) is 0 Å². The maximum atomic E-state index is 4.18. The lowest BCUT2D eigenvalue weighted by molar-refractivity contribution is 0.578. The van der Waals surface area contributed by atoms with Crippen molar-refractivity contribution >= 4 is 17.8 Å². The molecule has 0 bridgehead atoms. The van der Waals surface area contributed by atoms with Crippen molar-refractivity contribution in [2.24, 2.45) is 0 Å². The molecule has 1 aromatic carbocycles. The Balaban J connectivity index is 1.68. The van der Waals surface area contributed by atoms with E-state index in [0.29, 0.717) is 0 Å². The molecule has 0 saturated carbocycles. The van der Waals surface area contributed by atoms with E-state index in [-0.39, 0.29) is 0 Å². The fourth-order valence-electron chi connectivity index (χ4n) is 2.53. The first kappa shape index (κ1) is 12.9. The number of hydrogen-bond acceptors (Lipinski definition) is 3. The highest BCUT2D eigenvalue weighted by molar-refractivity contribution is 5.68. The summed E-state index contributed by atoms with van der Waals surface area (Å²) < 4.78 is 0. The summed E-state index contributed by atoms with van der Waals surface area (Å²) in [6, 6.07) is 10.7. The molecule has 0 N–H and O–H groups in total. The lowest BCUT2D eigenvalue weighted by Gasteiger charge is -2.28. The van der Waals surface area contributed by atoms with Gasteiger partial charge in [0.2, 0.25) is 0 Å². The summed E-state index contributed by atoms with van der Waals surface area (Å²) in [6.45, 7) is 2.38. The van der Waals surface area contributed by atoms with Crippen LogP contribution >= 0.6 is 0 Å². The average molecular weight is 265 g/mol. The number of anilines is 1. The minimum Gasteiger partial charge on any atom is -0.372 e. The second kappa shape index (κ2) is 6.33. The highest BCUT2D eigenvalue weighted by Gasteiger charge is 2.09. The average Bonchev–Trinajstić information content (AvgIpc) is 2.55. The number of rotatable bonds is 3. The zero-order valence-electron chi connectivity index (χ0n) is 11.6. The van der Waals surface area contributed by atoms with Gasteiger partial charge in [0.1, 0.15) is 6.33 Å². The third kappa shape index (κ3) is 3.23. The zero-order chi connectivity index (χ0) is 13.6. The van der Waals surface area contributed by atoms with Crippen molar-refractivity contribution in [3.8, 4) is 0 Å². The quantitative estimate of drug-likeness (QED) is 0.848. The first-order valence-electron chi connectivity index (χ1n) is 7.21. The van der Waals surface area contributed by atoms with Crippen LogP contribution in [0.3, 0.4) is 0 Å². The van der Waals surface area contributed by atoms with Gasteiger partial charge in [0.25, 0.3) is 0 Å². The molecule has 2 heterocycles. The Morgan fingerprint density at radius 3 is 2.40 bits per heavy atom. The topological polar surface area (TPSA) is 29.0 Å². The Labute approximate surface area is 120 Å². The van der Waals surface area contributed by atoms with E-state index in [1.54, 1.807) is 12.5 Å². The molecule has 1 aliphatic heterocycles. The lowest BCUT2D eigenvalue weighted by atomic mass is 10.1. The maximum absolute atomic E-state index is 4.18. The molecule has 0 spiro atoms. The molecule has 0 aliphatic carbocycles. The molecule has 3 heteroatoms. The van der Waals surface area contributed by atoms with E-state index in [0.717, 1.165) is 5.69 Å². The van der Waals surface area contributed by atoms with Gasteiger partial charge in [-0.1, -0.05) is 18.2 Å². The summed E-state index contributed by atoms with van der Waals surface area (Å²) in [6.07, 6.45) is 11.4. The minimum atomic E-state index is 0.931. The van der Waals surface area contributed by atoms with E-state index in [2.05, 4.69) is 45.2 Å². The SMILES string of the molecule is C(=Cc1ccncn1)c1ccc(N2CCCCC2)cc1. The largest absolute Gasteiger partial charge is 0.372 e. The Morgan fingerprint density at radius 2 is 1.70 bits per heavy atom. The van der Waals surface area contributed by atoms with Gasteiger partial charge >= 0.3 is 0 Å². The molecule has 0 amide bonds. The standard InChI is InChI=1S/C17H19N3/c1-2-12-20(13-3-1)17-8-5-15(6-9-17)4-7-16-10-11-18-14-19-16/h4-11,14H,1-3,12-13H2. The van der Waals surface area contributed by atoms with Crippen molar-refractivity contribution in [2.75, 3.05) is 18.0 Å². The summed E-state index contributed by atoms with van der Waals surface area (Å²) in [5.74, 6) is 0. The second-order valence-corrected chi connectivity index (χ2v) is 5.11. The zero-order valence-corrected chi connectivity index (χ0v) is 11.6. The summed E-state index contributed by atoms with van der Waals surface area (Å²) in [4.78, 5) is 10.6. The smallest absolute Gasteiger partial charge is 0.115 e. The molecule has 1 aliphatic rings. The molecular formula is C17H19N3. The van der Waals surface area contributed by atoms with Crippen LogP contribution in [-0.2, 0) is 0 Å². The predicted molar refractivity (Wildman–Crippen MR) is 83.5 cm³/mol. The molecule has 0 radical (unpaired) electrons. The molecule has 1 saturated heterocycles. The Bertz CT molecular complexity index is 555. The van der Waals surface area contributed by atoms with Crippen LogP contribution in [0.4, 0.5) is 5.69 Å².